The van der Waals surface area contributed by atoms with Crippen molar-refractivity contribution in [1.82, 2.24) is 15.5 Å². The van der Waals surface area contributed by atoms with Crippen molar-refractivity contribution < 1.29 is 9.47 Å². The van der Waals surface area contributed by atoms with E-state index in [1.807, 2.05) is 0 Å². The Hall–Kier alpha value is -0.850. The number of hydrogen-bond donors (Lipinski definition) is 2. The quantitative estimate of drug-likeness (QED) is 0.492. The fourth-order valence-electron chi connectivity index (χ4n) is 3.68. The lowest BCUT2D eigenvalue weighted by atomic mass is 9.83. The Morgan fingerprint density at radius 3 is 2.62 bits per heavy atom. The molecule has 0 spiro atoms. The van der Waals surface area contributed by atoms with Crippen LogP contribution in [-0.2, 0) is 9.47 Å². The van der Waals surface area contributed by atoms with Crippen LogP contribution in [0.2, 0.25) is 0 Å². The van der Waals surface area contributed by atoms with Gasteiger partial charge in [0, 0.05) is 53.0 Å². The summed E-state index contributed by atoms with van der Waals surface area (Å²) in [5.74, 6) is 0.953. The van der Waals surface area contributed by atoms with Gasteiger partial charge in [-0.25, -0.2) is 0 Å². The molecule has 6 heteroatoms. The number of ether oxygens (including phenoxy) is 2. The predicted octanol–water partition coefficient (Wildman–Crippen LogP) is 1.47. The first-order valence-corrected chi connectivity index (χ1v) is 9.59. The highest BCUT2D eigenvalue weighted by Crippen LogP contribution is 2.41. The Balaban J connectivity index is 1.79. The number of hydrogen-bond acceptors (Lipinski definition) is 4. The zero-order valence-corrected chi connectivity index (χ0v) is 15.6. The molecule has 2 aliphatic rings. The van der Waals surface area contributed by atoms with Crippen LogP contribution in [0.5, 0.6) is 0 Å². The minimum Gasteiger partial charge on any atom is -0.385 e. The fourth-order valence-corrected chi connectivity index (χ4v) is 3.68. The second-order valence-electron chi connectivity index (χ2n) is 7.03. The van der Waals surface area contributed by atoms with Crippen LogP contribution in [-0.4, -0.2) is 77.1 Å². The standard InChI is InChI=1S/C18H36N4O2/c1-3-19-17(20-9-10-22-11-14-24-15-12-22)21-16-18(8-13-23-2)6-4-5-7-18/h3-16H2,1-2H3,(H2,19,20,21). The van der Waals surface area contributed by atoms with Gasteiger partial charge in [0.15, 0.2) is 5.96 Å². The number of morpholine rings is 1. The molecule has 2 N–H and O–H groups in total. The fraction of sp³-hybridized carbons (Fsp3) is 0.944. The first kappa shape index (κ1) is 19.5. The number of guanidine groups is 1. The summed E-state index contributed by atoms with van der Waals surface area (Å²) in [6.45, 7) is 10.5. The molecule has 6 nitrogen and oxygen atoms in total. The topological polar surface area (TPSA) is 58.1 Å². The largest absolute Gasteiger partial charge is 0.385 e. The molecule has 0 aromatic heterocycles. The van der Waals surface area contributed by atoms with Crippen molar-refractivity contribution >= 4 is 5.96 Å². The van der Waals surface area contributed by atoms with Crippen LogP contribution >= 0.6 is 0 Å². The van der Waals surface area contributed by atoms with Gasteiger partial charge in [0.05, 0.1) is 13.2 Å². The van der Waals surface area contributed by atoms with Crippen LogP contribution < -0.4 is 10.6 Å². The summed E-state index contributed by atoms with van der Waals surface area (Å²) in [4.78, 5) is 7.34. The van der Waals surface area contributed by atoms with E-state index in [-0.39, 0.29) is 0 Å². The zero-order valence-electron chi connectivity index (χ0n) is 15.6. The molecule has 1 heterocycles. The maximum absolute atomic E-state index is 5.40. The number of aliphatic imine (C=N–C) groups is 1. The predicted molar refractivity (Wildman–Crippen MR) is 98.6 cm³/mol. The van der Waals surface area contributed by atoms with E-state index in [0.717, 1.165) is 71.5 Å². The summed E-state index contributed by atoms with van der Waals surface area (Å²) in [6.07, 6.45) is 6.36. The lowest BCUT2D eigenvalue weighted by Crippen LogP contribution is -2.44. The molecule has 0 unspecified atom stereocenters. The van der Waals surface area contributed by atoms with E-state index in [1.54, 1.807) is 7.11 Å². The average Bonchev–Trinajstić information content (AvgIpc) is 3.08. The number of rotatable bonds is 9. The van der Waals surface area contributed by atoms with Gasteiger partial charge < -0.3 is 20.1 Å². The highest BCUT2D eigenvalue weighted by atomic mass is 16.5. The Morgan fingerprint density at radius 1 is 1.21 bits per heavy atom. The molecule has 1 saturated carbocycles. The molecular formula is C18H36N4O2. The van der Waals surface area contributed by atoms with Crippen LogP contribution in [0.25, 0.3) is 0 Å². The van der Waals surface area contributed by atoms with E-state index in [9.17, 15) is 0 Å². The molecule has 2 fully saturated rings. The summed E-state index contributed by atoms with van der Waals surface area (Å²) in [7, 11) is 1.79. The van der Waals surface area contributed by atoms with Crippen LogP contribution in [0.3, 0.4) is 0 Å². The van der Waals surface area contributed by atoms with Gasteiger partial charge in [-0.2, -0.15) is 0 Å². The van der Waals surface area contributed by atoms with Crippen molar-refractivity contribution in [2.24, 2.45) is 10.4 Å². The molecule has 24 heavy (non-hydrogen) atoms. The minimum atomic E-state index is 0.350. The monoisotopic (exact) mass is 340 g/mol. The van der Waals surface area contributed by atoms with Gasteiger partial charge in [0.1, 0.15) is 0 Å². The zero-order chi connectivity index (χ0) is 17.1. The van der Waals surface area contributed by atoms with Crippen molar-refractivity contribution in [1.29, 1.82) is 0 Å². The smallest absolute Gasteiger partial charge is 0.191 e. The van der Waals surface area contributed by atoms with Gasteiger partial charge >= 0.3 is 0 Å². The van der Waals surface area contributed by atoms with Crippen molar-refractivity contribution in [3.8, 4) is 0 Å². The lowest BCUT2D eigenvalue weighted by molar-refractivity contribution is 0.0389. The second kappa shape index (κ2) is 10.9. The van der Waals surface area contributed by atoms with Crippen LogP contribution in [0, 0.1) is 5.41 Å². The maximum atomic E-state index is 5.40. The molecule has 1 aliphatic heterocycles. The third-order valence-electron chi connectivity index (χ3n) is 5.24. The van der Waals surface area contributed by atoms with Gasteiger partial charge in [-0.3, -0.25) is 9.89 Å². The molecule has 0 aromatic rings. The Morgan fingerprint density at radius 2 is 1.96 bits per heavy atom. The molecule has 140 valence electrons. The van der Waals surface area contributed by atoms with Crippen molar-refractivity contribution in [3.05, 3.63) is 0 Å². The number of nitrogens with zero attached hydrogens (tertiary/aromatic N) is 2. The summed E-state index contributed by atoms with van der Waals surface area (Å²) < 4.78 is 10.7. The second-order valence-corrected chi connectivity index (χ2v) is 7.03. The average molecular weight is 341 g/mol. The van der Waals surface area contributed by atoms with E-state index in [4.69, 9.17) is 14.5 Å². The van der Waals surface area contributed by atoms with E-state index in [1.165, 1.54) is 25.7 Å². The van der Waals surface area contributed by atoms with Gasteiger partial charge in [0.2, 0.25) is 0 Å². The molecule has 0 bridgehead atoms. The van der Waals surface area contributed by atoms with Gasteiger partial charge in [0.25, 0.3) is 0 Å². The molecule has 1 saturated heterocycles. The SMILES string of the molecule is CCNC(=NCC1(CCOC)CCCC1)NCCN1CCOCC1. The molecule has 0 amide bonds. The molecular weight excluding hydrogens is 304 g/mol. The summed E-state index contributed by atoms with van der Waals surface area (Å²) in [5.41, 5.74) is 0.350. The van der Waals surface area contributed by atoms with E-state index < -0.39 is 0 Å². The van der Waals surface area contributed by atoms with E-state index >= 15 is 0 Å². The number of nitrogens with one attached hydrogen (secondary N) is 2. The van der Waals surface area contributed by atoms with Crippen molar-refractivity contribution in [3.63, 3.8) is 0 Å². The minimum absolute atomic E-state index is 0.350. The van der Waals surface area contributed by atoms with Crippen LogP contribution in [0.4, 0.5) is 0 Å². The Kier molecular flexibility index (Phi) is 8.84. The first-order chi connectivity index (χ1) is 11.8. The van der Waals surface area contributed by atoms with Gasteiger partial charge in [-0.1, -0.05) is 12.8 Å². The highest BCUT2D eigenvalue weighted by Gasteiger charge is 2.33. The molecule has 2 rings (SSSR count). The number of methoxy groups -OCH3 is 1. The molecule has 0 atom stereocenters. The highest BCUT2D eigenvalue weighted by molar-refractivity contribution is 5.79. The molecule has 1 aliphatic carbocycles. The normalized spacial score (nSPS) is 21.8. The Labute approximate surface area is 147 Å². The summed E-state index contributed by atoms with van der Waals surface area (Å²) in [6, 6.07) is 0. The van der Waals surface area contributed by atoms with E-state index in [2.05, 4.69) is 22.5 Å². The van der Waals surface area contributed by atoms with Crippen LogP contribution in [0.1, 0.15) is 39.0 Å². The molecule has 0 radical (unpaired) electrons. The van der Waals surface area contributed by atoms with Crippen molar-refractivity contribution in [2.75, 3.05) is 66.2 Å². The van der Waals surface area contributed by atoms with Crippen LogP contribution in [0.15, 0.2) is 4.99 Å². The van der Waals surface area contributed by atoms with Gasteiger partial charge in [-0.05, 0) is 31.6 Å². The summed E-state index contributed by atoms with van der Waals surface area (Å²) in [5, 5.41) is 6.87. The third-order valence-corrected chi connectivity index (χ3v) is 5.24. The van der Waals surface area contributed by atoms with Crippen molar-refractivity contribution in [2.45, 2.75) is 39.0 Å². The molecule has 0 aromatic carbocycles. The van der Waals surface area contributed by atoms with Gasteiger partial charge in [-0.15, -0.1) is 0 Å². The maximum Gasteiger partial charge on any atom is 0.191 e. The van der Waals surface area contributed by atoms with E-state index in [0.29, 0.717) is 5.41 Å². The summed E-state index contributed by atoms with van der Waals surface area (Å²) >= 11 is 0. The lowest BCUT2D eigenvalue weighted by Gasteiger charge is -2.28. The third kappa shape index (κ3) is 6.57. The Bertz CT molecular complexity index is 364. The first-order valence-electron chi connectivity index (χ1n) is 9.59.